The minimum Gasteiger partial charge on any atom is -0.406 e. The molecule has 0 saturated heterocycles. The first kappa shape index (κ1) is 11.0. The number of carbonyl (C=O) groups is 1. The van der Waals surface area contributed by atoms with Crippen molar-refractivity contribution in [2.45, 2.75) is 6.36 Å². The molecule has 1 rings (SSSR count). The summed E-state index contributed by atoms with van der Waals surface area (Å²) < 4.78 is 39.0. The predicted molar refractivity (Wildman–Crippen MR) is 44.0 cm³/mol. The number of hydrogen-bond donors (Lipinski definition) is 0. The topological polar surface area (TPSA) is 39.2 Å². The molecule has 0 aliphatic heterocycles. The predicted octanol–water partition coefficient (Wildman–Crippen LogP) is 2.56. The molecule has 0 amide bonds. The Hall–Kier alpha value is -1.11. The largest absolute Gasteiger partial charge is 0.573 e. The molecule has 0 aliphatic rings. The smallest absolute Gasteiger partial charge is 0.406 e. The van der Waals surface area contributed by atoms with Gasteiger partial charge in [-0.15, -0.1) is 13.2 Å². The van der Waals surface area contributed by atoms with Crippen molar-refractivity contribution in [2.75, 3.05) is 0 Å². The maximum absolute atomic E-state index is 11.8. The monoisotopic (exact) mass is 269 g/mol. The molecule has 14 heavy (non-hydrogen) atoms. The quantitative estimate of drug-likeness (QED) is 0.612. The van der Waals surface area contributed by atoms with Gasteiger partial charge in [-0.1, -0.05) is 0 Å². The Kier molecular flexibility index (Phi) is 3.10. The highest BCUT2D eigenvalue weighted by Gasteiger charge is 2.31. The number of carbonyl (C=O) groups excluding carboxylic acids is 1. The number of aldehydes is 1. The van der Waals surface area contributed by atoms with E-state index >= 15 is 0 Å². The van der Waals surface area contributed by atoms with Gasteiger partial charge in [-0.05, 0) is 15.9 Å². The van der Waals surface area contributed by atoms with Crippen LogP contribution in [0.25, 0.3) is 0 Å². The molecule has 0 spiro atoms. The number of aromatic nitrogens is 1. The van der Waals surface area contributed by atoms with Crippen LogP contribution in [0.3, 0.4) is 0 Å². The van der Waals surface area contributed by atoms with E-state index in [1.54, 1.807) is 0 Å². The zero-order chi connectivity index (χ0) is 10.8. The van der Waals surface area contributed by atoms with Crippen LogP contribution in [-0.2, 0) is 0 Å². The highest BCUT2D eigenvalue weighted by atomic mass is 79.9. The molecule has 0 aromatic carbocycles. The van der Waals surface area contributed by atoms with Crippen LogP contribution in [0.2, 0.25) is 0 Å². The Bertz CT molecular complexity index is 353. The van der Waals surface area contributed by atoms with Crippen molar-refractivity contribution in [1.82, 2.24) is 4.98 Å². The number of nitrogens with zero attached hydrogens (tertiary/aromatic N) is 1. The molecule has 0 unspecified atom stereocenters. The molecule has 3 nitrogen and oxygen atoms in total. The lowest BCUT2D eigenvalue weighted by molar-refractivity contribution is -0.274. The van der Waals surface area contributed by atoms with Gasteiger partial charge >= 0.3 is 6.36 Å². The summed E-state index contributed by atoms with van der Waals surface area (Å²) in [6.07, 6.45) is -4.45. The Morgan fingerprint density at radius 3 is 2.57 bits per heavy atom. The minimum absolute atomic E-state index is 0.0985. The summed E-state index contributed by atoms with van der Waals surface area (Å²) in [5.74, 6) is -0.485. The lowest BCUT2D eigenvalue weighted by Crippen LogP contribution is -2.17. The summed E-state index contributed by atoms with van der Waals surface area (Å²) in [4.78, 5) is 13.8. The van der Waals surface area contributed by atoms with Gasteiger partial charge in [0.2, 0.25) is 0 Å². The summed E-state index contributed by atoms with van der Waals surface area (Å²) in [5.41, 5.74) is -0.140. The van der Waals surface area contributed by atoms with Crippen molar-refractivity contribution in [3.05, 3.63) is 22.4 Å². The van der Waals surface area contributed by atoms with Crippen LogP contribution in [0.15, 0.2) is 16.7 Å². The van der Waals surface area contributed by atoms with E-state index in [4.69, 9.17) is 0 Å². The van der Waals surface area contributed by atoms with Gasteiger partial charge in [-0.2, -0.15) is 0 Å². The van der Waals surface area contributed by atoms with E-state index in [1.165, 1.54) is 0 Å². The van der Waals surface area contributed by atoms with Crippen molar-refractivity contribution in [3.8, 4) is 5.75 Å². The molecule has 0 N–H and O–H groups in total. The number of alkyl halides is 3. The van der Waals surface area contributed by atoms with Crippen LogP contribution in [0.1, 0.15) is 10.5 Å². The molecule has 76 valence electrons. The van der Waals surface area contributed by atoms with Crippen LogP contribution in [-0.4, -0.2) is 17.6 Å². The fourth-order valence-corrected chi connectivity index (χ4v) is 1.18. The minimum atomic E-state index is -4.78. The van der Waals surface area contributed by atoms with E-state index in [1.807, 2.05) is 0 Å². The third kappa shape index (κ3) is 3.33. The highest BCUT2D eigenvalue weighted by Crippen LogP contribution is 2.24. The Balaban J connectivity index is 2.98. The van der Waals surface area contributed by atoms with Gasteiger partial charge < -0.3 is 4.74 Å². The van der Waals surface area contributed by atoms with Gasteiger partial charge in [-0.25, -0.2) is 4.98 Å². The molecule has 1 aromatic heterocycles. The number of ether oxygens (including phenoxy) is 1. The Morgan fingerprint density at radius 2 is 2.07 bits per heavy atom. The highest BCUT2D eigenvalue weighted by molar-refractivity contribution is 9.10. The summed E-state index contributed by atoms with van der Waals surface area (Å²) >= 11 is 2.84. The van der Waals surface area contributed by atoms with Gasteiger partial charge in [0.15, 0.2) is 6.29 Å². The summed E-state index contributed by atoms with van der Waals surface area (Å²) in [6, 6.07) is 1.91. The molecule has 0 bridgehead atoms. The maximum Gasteiger partial charge on any atom is 0.573 e. The van der Waals surface area contributed by atoms with Gasteiger partial charge in [0.25, 0.3) is 0 Å². The van der Waals surface area contributed by atoms with E-state index in [-0.39, 0.29) is 10.3 Å². The van der Waals surface area contributed by atoms with Gasteiger partial charge in [0.05, 0.1) is 0 Å². The lowest BCUT2D eigenvalue weighted by Gasteiger charge is -2.08. The summed E-state index contributed by atoms with van der Waals surface area (Å²) in [5, 5.41) is 0. The summed E-state index contributed by atoms with van der Waals surface area (Å²) in [6.45, 7) is 0. The average Bonchev–Trinajstić information content (AvgIpc) is 1.99. The molecule has 1 heterocycles. The molecule has 1 aromatic rings. The van der Waals surface area contributed by atoms with Gasteiger partial charge in [0, 0.05) is 12.1 Å². The van der Waals surface area contributed by atoms with Crippen molar-refractivity contribution in [3.63, 3.8) is 0 Å². The van der Waals surface area contributed by atoms with Gasteiger partial charge in [0.1, 0.15) is 16.0 Å². The first-order chi connectivity index (χ1) is 6.40. The second kappa shape index (κ2) is 3.95. The molecule has 0 aliphatic carbocycles. The second-order valence-electron chi connectivity index (χ2n) is 2.22. The lowest BCUT2D eigenvalue weighted by atomic mass is 10.3. The molecule has 7 heteroatoms. The van der Waals surface area contributed by atoms with Crippen molar-refractivity contribution >= 4 is 22.2 Å². The SMILES string of the molecule is O=Cc1cc(OC(F)(F)F)cc(Br)n1. The molecule has 0 fully saturated rings. The maximum atomic E-state index is 11.8. The average molecular weight is 270 g/mol. The fraction of sp³-hybridized carbons (Fsp3) is 0.143. The third-order valence-electron chi connectivity index (χ3n) is 1.14. The molecular weight excluding hydrogens is 267 g/mol. The van der Waals surface area contributed by atoms with Crippen LogP contribution in [0, 0.1) is 0 Å². The third-order valence-corrected chi connectivity index (χ3v) is 1.55. The molecular formula is C7H3BrF3NO2. The molecule has 0 saturated carbocycles. The Morgan fingerprint density at radius 1 is 1.43 bits per heavy atom. The zero-order valence-corrected chi connectivity index (χ0v) is 8.09. The number of pyridine rings is 1. The molecule has 0 radical (unpaired) electrons. The first-order valence-electron chi connectivity index (χ1n) is 3.29. The van der Waals surface area contributed by atoms with E-state index in [2.05, 4.69) is 25.7 Å². The van der Waals surface area contributed by atoms with Crippen LogP contribution in [0.4, 0.5) is 13.2 Å². The van der Waals surface area contributed by atoms with Crippen molar-refractivity contribution < 1.29 is 22.7 Å². The standard InChI is InChI=1S/C7H3BrF3NO2/c8-6-2-5(14-7(9,10)11)1-4(3-13)12-6/h1-3H. The van der Waals surface area contributed by atoms with Crippen molar-refractivity contribution in [1.29, 1.82) is 0 Å². The zero-order valence-electron chi connectivity index (χ0n) is 6.51. The number of hydrogen-bond acceptors (Lipinski definition) is 3. The Labute approximate surface area is 85.0 Å². The van der Waals surface area contributed by atoms with E-state index < -0.39 is 12.1 Å². The summed E-state index contributed by atoms with van der Waals surface area (Å²) in [7, 11) is 0. The number of rotatable bonds is 2. The number of halogens is 4. The molecule has 0 atom stereocenters. The van der Waals surface area contributed by atoms with E-state index in [0.717, 1.165) is 12.1 Å². The van der Waals surface area contributed by atoms with Crippen molar-refractivity contribution in [2.24, 2.45) is 0 Å². The van der Waals surface area contributed by atoms with E-state index in [0.29, 0.717) is 6.29 Å². The van der Waals surface area contributed by atoms with E-state index in [9.17, 15) is 18.0 Å². The fourth-order valence-electron chi connectivity index (χ4n) is 0.746. The van der Waals surface area contributed by atoms with Crippen LogP contribution < -0.4 is 4.74 Å². The van der Waals surface area contributed by atoms with Crippen LogP contribution in [0.5, 0.6) is 5.75 Å². The van der Waals surface area contributed by atoms with Crippen LogP contribution >= 0.6 is 15.9 Å². The normalized spacial score (nSPS) is 11.1. The second-order valence-corrected chi connectivity index (χ2v) is 3.03. The van der Waals surface area contributed by atoms with Gasteiger partial charge in [-0.3, -0.25) is 4.79 Å². The first-order valence-corrected chi connectivity index (χ1v) is 4.08.